The van der Waals surface area contributed by atoms with Crippen LogP contribution in [0, 0.1) is 0 Å². The number of nitrogens with zero attached hydrogens (tertiary/aromatic N) is 3. The van der Waals surface area contributed by atoms with Crippen LogP contribution >= 0.6 is 0 Å². The standard InChI is InChI=1S/C31H30N4O6/c1-38-23-12-8-21(9-13-23)31(20-6-4-3-5-7-20,22-10-14-24(39-2)15-11-22)40-19-27-25(36)18-26(41-27)28-33-34-29-30(37)32-16-17-35(28)29/h3-17,25-27,36H,18-19H2,1-2H3,(H,32,37)/t25-,26+,27+/m0/s1. The summed E-state index contributed by atoms with van der Waals surface area (Å²) in [5, 5.41) is 19.3. The smallest absolute Gasteiger partial charge is 0.293 e. The van der Waals surface area contributed by atoms with Gasteiger partial charge in [-0.25, -0.2) is 0 Å². The zero-order chi connectivity index (χ0) is 28.4. The largest absolute Gasteiger partial charge is 0.497 e. The summed E-state index contributed by atoms with van der Waals surface area (Å²) in [4.78, 5) is 14.7. The van der Waals surface area contributed by atoms with Crippen molar-refractivity contribution in [3.05, 3.63) is 124 Å². The number of H-pyrrole nitrogens is 1. The Bertz CT molecular complexity index is 1620. The molecule has 210 valence electrons. The van der Waals surface area contributed by atoms with Gasteiger partial charge in [-0.2, -0.15) is 0 Å². The summed E-state index contributed by atoms with van der Waals surface area (Å²) in [5.41, 5.74) is 1.43. The van der Waals surface area contributed by atoms with E-state index in [0.29, 0.717) is 5.82 Å². The summed E-state index contributed by atoms with van der Waals surface area (Å²) in [7, 11) is 3.26. The number of aliphatic hydroxyl groups is 1. The van der Waals surface area contributed by atoms with Crippen molar-refractivity contribution in [1.29, 1.82) is 0 Å². The highest BCUT2D eigenvalue weighted by atomic mass is 16.6. The van der Waals surface area contributed by atoms with Gasteiger partial charge in [0.2, 0.25) is 5.65 Å². The Morgan fingerprint density at radius 3 is 2.15 bits per heavy atom. The fourth-order valence-corrected chi connectivity index (χ4v) is 5.40. The van der Waals surface area contributed by atoms with Crippen LogP contribution in [0.15, 0.2) is 96.1 Å². The van der Waals surface area contributed by atoms with Crippen molar-refractivity contribution in [3.63, 3.8) is 0 Å². The maximum Gasteiger partial charge on any atom is 0.293 e. The summed E-state index contributed by atoms with van der Waals surface area (Å²) in [5.74, 6) is 1.90. The summed E-state index contributed by atoms with van der Waals surface area (Å²) >= 11 is 0. The number of aliphatic hydroxyl groups excluding tert-OH is 1. The fraction of sp³-hybridized carbons (Fsp3) is 0.258. The number of hydrogen-bond acceptors (Lipinski definition) is 8. The topological polar surface area (TPSA) is 120 Å². The van der Waals surface area contributed by atoms with Gasteiger partial charge in [0.05, 0.1) is 26.9 Å². The molecule has 0 unspecified atom stereocenters. The molecule has 6 rings (SSSR count). The highest BCUT2D eigenvalue weighted by Gasteiger charge is 2.42. The number of nitrogens with one attached hydrogen (secondary N) is 1. The first-order chi connectivity index (χ1) is 20.0. The van der Waals surface area contributed by atoms with Gasteiger partial charge in [-0.15, -0.1) is 10.2 Å². The zero-order valence-electron chi connectivity index (χ0n) is 22.6. The van der Waals surface area contributed by atoms with Gasteiger partial charge < -0.3 is 29.0 Å². The Morgan fingerprint density at radius 1 is 0.927 bits per heavy atom. The van der Waals surface area contributed by atoms with E-state index in [-0.39, 0.29) is 24.2 Å². The molecule has 3 aromatic carbocycles. The summed E-state index contributed by atoms with van der Waals surface area (Å²) in [6.07, 6.45) is 1.42. The second-order valence-corrected chi connectivity index (χ2v) is 9.82. The molecule has 0 spiro atoms. The molecule has 10 nitrogen and oxygen atoms in total. The first-order valence-electron chi connectivity index (χ1n) is 13.3. The molecule has 3 atom stereocenters. The van der Waals surface area contributed by atoms with E-state index in [1.54, 1.807) is 24.8 Å². The fourth-order valence-electron chi connectivity index (χ4n) is 5.40. The van der Waals surface area contributed by atoms with E-state index in [1.807, 2.05) is 78.9 Å². The SMILES string of the molecule is COc1ccc(C(OC[C@H]2O[C@@H](c3nnc4c(=O)[nH]ccn34)C[C@@H]2O)(c2ccccc2)c2ccc(OC)cc2)cc1. The van der Waals surface area contributed by atoms with Crippen LogP contribution in [-0.2, 0) is 15.1 Å². The van der Waals surface area contributed by atoms with Crippen molar-refractivity contribution in [2.75, 3.05) is 20.8 Å². The lowest BCUT2D eigenvalue weighted by Gasteiger charge is -2.37. The molecule has 0 amide bonds. The van der Waals surface area contributed by atoms with Gasteiger partial charge in [-0.05, 0) is 41.0 Å². The maximum absolute atomic E-state index is 12.1. The minimum Gasteiger partial charge on any atom is -0.497 e. The molecule has 10 heteroatoms. The third-order valence-electron chi connectivity index (χ3n) is 7.51. The Balaban J connectivity index is 1.37. The molecule has 5 aromatic rings. The van der Waals surface area contributed by atoms with E-state index in [2.05, 4.69) is 15.2 Å². The van der Waals surface area contributed by atoms with Crippen LogP contribution in [0.1, 0.15) is 35.0 Å². The molecule has 0 radical (unpaired) electrons. The van der Waals surface area contributed by atoms with Crippen molar-refractivity contribution in [2.24, 2.45) is 0 Å². The molecule has 1 aliphatic rings. The average molecular weight is 555 g/mol. The molecular weight excluding hydrogens is 524 g/mol. The second kappa shape index (κ2) is 11.2. The lowest BCUT2D eigenvalue weighted by Crippen LogP contribution is -2.38. The van der Waals surface area contributed by atoms with Gasteiger partial charge in [0.1, 0.15) is 29.3 Å². The normalized spacial score (nSPS) is 19.0. The van der Waals surface area contributed by atoms with Crippen LogP contribution in [0.2, 0.25) is 0 Å². The average Bonchev–Trinajstić information content (AvgIpc) is 3.62. The summed E-state index contributed by atoms with van der Waals surface area (Å²) < 4.78 is 25.6. The zero-order valence-corrected chi connectivity index (χ0v) is 22.6. The van der Waals surface area contributed by atoms with Gasteiger partial charge in [-0.3, -0.25) is 9.20 Å². The van der Waals surface area contributed by atoms with Crippen LogP contribution < -0.4 is 15.0 Å². The van der Waals surface area contributed by atoms with E-state index in [1.165, 1.54) is 6.20 Å². The highest BCUT2D eigenvalue weighted by molar-refractivity contribution is 5.49. The maximum atomic E-state index is 12.1. The molecule has 0 bridgehead atoms. The molecule has 3 heterocycles. The van der Waals surface area contributed by atoms with Crippen molar-refractivity contribution in [1.82, 2.24) is 19.6 Å². The molecule has 2 N–H and O–H groups in total. The van der Waals surface area contributed by atoms with Gasteiger partial charge in [0.15, 0.2) is 5.82 Å². The number of hydrogen-bond donors (Lipinski definition) is 2. The number of benzene rings is 3. The minimum atomic E-state index is -1.05. The van der Waals surface area contributed by atoms with E-state index in [9.17, 15) is 9.90 Å². The Hall–Kier alpha value is -4.51. The van der Waals surface area contributed by atoms with Crippen molar-refractivity contribution >= 4 is 5.65 Å². The van der Waals surface area contributed by atoms with Crippen molar-refractivity contribution < 1.29 is 24.1 Å². The predicted octanol–water partition coefficient (Wildman–Crippen LogP) is 3.63. The van der Waals surface area contributed by atoms with Gasteiger partial charge in [-0.1, -0.05) is 54.6 Å². The highest BCUT2D eigenvalue weighted by Crippen LogP contribution is 2.43. The van der Waals surface area contributed by atoms with Gasteiger partial charge in [0.25, 0.3) is 5.56 Å². The molecule has 0 saturated carbocycles. The molecular formula is C31H30N4O6. The van der Waals surface area contributed by atoms with Crippen molar-refractivity contribution in [2.45, 2.75) is 30.3 Å². The predicted molar refractivity (Wildman–Crippen MR) is 150 cm³/mol. The number of aromatic amines is 1. The van der Waals surface area contributed by atoms with Crippen LogP contribution in [0.5, 0.6) is 11.5 Å². The Morgan fingerprint density at radius 2 is 1.54 bits per heavy atom. The van der Waals surface area contributed by atoms with Crippen LogP contribution in [-0.4, -0.2) is 57.7 Å². The molecule has 41 heavy (non-hydrogen) atoms. The molecule has 0 aliphatic carbocycles. The summed E-state index contributed by atoms with van der Waals surface area (Å²) in [6, 6.07) is 25.4. The Labute approximate surface area is 236 Å². The molecule has 1 fully saturated rings. The third-order valence-corrected chi connectivity index (χ3v) is 7.51. The van der Waals surface area contributed by atoms with Crippen LogP contribution in [0.25, 0.3) is 5.65 Å². The number of aromatic nitrogens is 4. The molecule has 2 aromatic heterocycles. The molecule has 1 saturated heterocycles. The lowest BCUT2D eigenvalue weighted by molar-refractivity contribution is -0.0839. The van der Waals surface area contributed by atoms with E-state index in [4.69, 9.17) is 18.9 Å². The number of methoxy groups -OCH3 is 2. The second-order valence-electron chi connectivity index (χ2n) is 9.82. The van der Waals surface area contributed by atoms with E-state index in [0.717, 1.165) is 28.2 Å². The van der Waals surface area contributed by atoms with Gasteiger partial charge in [0, 0.05) is 18.8 Å². The van der Waals surface area contributed by atoms with Gasteiger partial charge >= 0.3 is 0 Å². The third kappa shape index (κ3) is 4.86. The van der Waals surface area contributed by atoms with E-state index >= 15 is 0 Å². The number of fused-ring (bicyclic) bond motifs is 1. The quantitative estimate of drug-likeness (QED) is 0.265. The Kier molecular flexibility index (Phi) is 7.27. The number of ether oxygens (including phenoxy) is 4. The number of rotatable bonds is 9. The lowest BCUT2D eigenvalue weighted by atomic mass is 9.80. The van der Waals surface area contributed by atoms with Crippen LogP contribution in [0.3, 0.4) is 0 Å². The van der Waals surface area contributed by atoms with E-state index < -0.39 is 23.9 Å². The monoisotopic (exact) mass is 554 g/mol. The van der Waals surface area contributed by atoms with Crippen LogP contribution in [0.4, 0.5) is 0 Å². The first kappa shape index (κ1) is 26.7. The van der Waals surface area contributed by atoms with Crippen molar-refractivity contribution in [3.8, 4) is 11.5 Å². The first-order valence-corrected chi connectivity index (χ1v) is 13.3. The minimum absolute atomic E-state index is 0.0714. The summed E-state index contributed by atoms with van der Waals surface area (Å²) in [6.45, 7) is 0.0714. The molecule has 1 aliphatic heterocycles.